The second-order valence-corrected chi connectivity index (χ2v) is 6.88. The van der Waals surface area contributed by atoms with E-state index in [4.69, 9.17) is 16.4 Å². The summed E-state index contributed by atoms with van der Waals surface area (Å²) in [6, 6.07) is 8.17. The van der Waals surface area contributed by atoms with Gasteiger partial charge in [-0.05, 0) is 49.1 Å². The number of nitrogens with zero attached hydrogens (tertiary/aromatic N) is 2. The van der Waals surface area contributed by atoms with Crippen LogP contribution in [0.1, 0.15) is 31.7 Å². The molecule has 0 bridgehead atoms. The Morgan fingerprint density at radius 3 is 2.56 bits per heavy atom. The zero-order valence-electron chi connectivity index (χ0n) is 14.7. The minimum atomic E-state index is 0.616. The Balaban J connectivity index is 1.49. The molecule has 0 spiro atoms. The lowest BCUT2D eigenvalue weighted by molar-refractivity contribution is 0.158. The smallest absolute Gasteiger partial charge is 0.114 e. The summed E-state index contributed by atoms with van der Waals surface area (Å²) in [6.07, 6.45) is 11.9. The lowest BCUT2D eigenvalue weighted by atomic mass is 9.97. The maximum Gasteiger partial charge on any atom is 0.114 e. The van der Waals surface area contributed by atoms with Crippen LogP contribution < -0.4 is 0 Å². The van der Waals surface area contributed by atoms with E-state index in [1.807, 2.05) is 19.1 Å². The summed E-state index contributed by atoms with van der Waals surface area (Å²) < 4.78 is 0. The summed E-state index contributed by atoms with van der Waals surface area (Å²) in [7, 11) is 0. The lowest BCUT2D eigenvalue weighted by Gasteiger charge is -2.28. The number of likely N-dealkylation sites (tertiary alicyclic amines) is 1. The fourth-order valence-electron chi connectivity index (χ4n) is 3.10. The molecule has 0 radical (unpaired) electrons. The van der Waals surface area contributed by atoms with Gasteiger partial charge in [0.15, 0.2) is 0 Å². The molecule has 1 heterocycles. The lowest BCUT2D eigenvalue weighted by Crippen LogP contribution is -2.30. The van der Waals surface area contributed by atoms with Crippen LogP contribution in [0.2, 0.25) is 5.02 Å². The van der Waals surface area contributed by atoms with Gasteiger partial charge in [0.25, 0.3) is 0 Å². The van der Waals surface area contributed by atoms with E-state index in [0.717, 1.165) is 49.6 Å². The minimum absolute atomic E-state index is 0.616. The summed E-state index contributed by atoms with van der Waals surface area (Å²) in [6.45, 7) is 5.79. The van der Waals surface area contributed by atoms with Gasteiger partial charge in [-0.1, -0.05) is 52.7 Å². The SMILES string of the molecule is CCON=C1C=CC(C=C2CCN(Cc3ccc(Cl)cc3)CC2)=CC1. The standard InChI is InChI=1S/C21H25ClN2O/c1-2-25-23-21-9-5-17(6-10-21)15-18-11-13-24(14-12-18)16-19-3-7-20(22)8-4-19/h3-9,15H,2,10-14,16H2,1H3. The second kappa shape index (κ2) is 9.02. The molecule has 2 aliphatic rings. The summed E-state index contributed by atoms with van der Waals surface area (Å²) in [5, 5.41) is 4.89. The Hall–Kier alpha value is -1.84. The number of hydrogen-bond acceptors (Lipinski definition) is 3. The number of allylic oxidation sites excluding steroid dienone is 5. The van der Waals surface area contributed by atoms with Crippen molar-refractivity contribution in [3.8, 4) is 0 Å². The number of halogens is 1. The van der Waals surface area contributed by atoms with E-state index >= 15 is 0 Å². The molecule has 0 unspecified atom stereocenters. The first-order valence-electron chi connectivity index (χ1n) is 8.96. The van der Waals surface area contributed by atoms with Crippen molar-refractivity contribution in [2.24, 2.45) is 5.16 Å². The van der Waals surface area contributed by atoms with E-state index in [9.17, 15) is 0 Å². The van der Waals surface area contributed by atoms with E-state index in [1.165, 1.54) is 16.7 Å². The van der Waals surface area contributed by atoms with Gasteiger partial charge < -0.3 is 4.84 Å². The molecule has 0 N–H and O–H groups in total. The third kappa shape index (κ3) is 5.58. The van der Waals surface area contributed by atoms with Crippen LogP contribution in [-0.2, 0) is 11.4 Å². The molecular weight excluding hydrogens is 332 g/mol. The first-order valence-corrected chi connectivity index (χ1v) is 9.34. The average Bonchev–Trinajstić information content (AvgIpc) is 2.65. The predicted octanol–water partition coefficient (Wildman–Crippen LogP) is 5.14. The fraction of sp³-hybridized carbons (Fsp3) is 0.381. The highest BCUT2D eigenvalue weighted by Gasteiger charge is 2.14. The Kier molecular flexibility index (Phi) is 6.48. The number of piperidine rings is 1. The Bertz CT molecular complexity index is 691. The van der Waals surface area contributed by atoms with Crippen LogP contribution in [0.4, 0.5) is 0 Å². The van der Waals surface area contributed by atoms with Gasteiger partial charge in [-0.25, -0.2) is 0 Å². The summed E-state index contributed by atoms with van der Waals surface area (Å²) >= 11 is 5.95. The van der Waals surface area contributed by atoms with Gasteiger partial charge >= 0.3 is 0 Å². The molecule has 0 aromatic heterocycles. The summed E-state index contributed by atoms with van der Waals surface area (Å²) in [5.41, 5.74) is 5.14. The maximum atomic E-state index is 5.95. The molecule has 1 saturated heterocycles. The monoisotopic (exact) mass is 356 g/mol. The van der Waals surface area contributed by atoms with Crippen molar-refractivity contribution in [1.29, 1.82) is 0 Å². The Labute approximate surface area is 155 Å². The van der Waals surface area contributed by atoms with Gasteiger partial charge in [-0.2, -0.15) is 0 Å². The van der Waals surface area contributed by atoms with E-state index < -0.39 is 0 Å². The summed E-state index contributed by atoms with van der Waals surface area (Å²) in [5.74, 6) is 0. The molecule has 3 nitrogen and oxygen atoms in total. The van der Waals surface area contributed by atoms with Gasteiger partial charge in [0.1, 0.15) is 6.61 Å². The van der Waals surface area contributed by atoms with Crippen LogP contribution >= 0.6 is 11.6 Å². The highest BCUT2D eigenvalue weighted by molar-refractivity contribution is 6.30. The molecule has 3 rings (SSSR count). The number of rotatable bonds is 5. The molecule has 1 aliphatic heterocycles. The van der Waals surface area contributed by atoms with E-state index in [0.29, 0.717) is 6.61 Å². The van der Waals surface area contributed by atoms with Crippen LogP contribution in [0.3, 0.4) is 0 Å². The Morgan fingerprint density at radius 2 is 1.92 bits per heavy atom. The highest BCUT2D eigenvalue weighted by atomic mass is 35.5. The molecule has 0 atom stereocenters. The summed E-state index contributed by atoms with van der Waals surface area (Å²) in [4.78, 5) is 7.62. The average molecular weight is 357 g/mol. The van der Waals surface area contributed by atoms with Crippen molar-refractivity contribution in [2.45, 2.75) is 32.7 Å². The minimum Gasteiger partial charge on any atom is -0.396 e. The third-order valence-electron chi connectivity index (χ3n) is 4.51. The molecule has 0 amide bonds. The highest BCUT2D eigenvalue weighted by Crippen LogP contribution is 2.22. The van der Waals surface area contributed by atoms with Crippen LogP contribution in [0.15, 0.2) is 64.9 Å². The van der Waals surface area contributed by atoms with Gasteiger partial charge in [-0.15, -0.1) is 0 Å². The van der Waals surface area contributed by atoms with Crippen molar-refractivity contribution in [3.63, 3.8) is 0 Å². The normalized spacial score (nSPS) is 19.8. The molecule has 1 fully saturated rings. The number of oxime groups is 1. The molecule has 4 heteroatoms. The number of hydrogen-bond donors (Lipinski definition) is 0. The van der Waals surface area contributed by atoms with Crippen molar-refractivity contribution in [1.82, 2.24) is 4.90 Å². The first kappa shape index (κ1) is 18.0. The zero-order chi connectivity index (χ0) is 17.5. The fourth-order valence-corrected chi connectivity index (χ4v) is 3.23. The molecular formula is C21H25ClN2O. The largest absolute Gasteiger partial charge is 0.396 e. The molecule has 1 aliphatic carbocycles. The van der Waals surface area contributed by atoms with Crippen LogP contribution in [-0.4, -0.2) is 30.3 Å². The van der Waals surface area contributed by atoms with E-state index in [1.54, 1.807) is 0 Å². The quantitative estimate of drug-likeness (QED) is 0.682. The second-order valence-electron chi connectivity index (χ2n) is 6.45. The van der Waals surface area contributed by atoms with Gasteiger partial charge in [-0.3, -0.25) is 4.90 Å². The van der Waals surface area contributed by atoms with Crippen molar-refractivity contribution in [3.05, 3.63) is 70.3 Å². The van der Waals surface area contributed by atoms with Gasteiger partial charge in [0.2, 0.25) is 0 Å². The van der Waals surface area contributed by atoms with Crippen molar-refractivity contribution < 1.29 is 4.84 Å². The third-order valence-corrected chi connectivity index (χ3v) is 4.77. The number of benzene rings is 1. The van der Waals surface area contributed by atoms with E-state index in [2.05, 4.69) is 46.5 Å². The molecule has 1 aromatic rings. The van der Waals surface area contributed by atoms with Crippen LogP contribution in [0.5, 0.6) is 0 Å². The predicted molar refractivity (Wildman–Crippen MR) is 105 cm³/mol. The zero-order valence-corrected chi connectivity index (χ0v) is 15.5. The van der Waals surface area contributed by atoms with Crippen molar-refractivity contribution in [2.75, 3.05) is 19.7 Å². The van der Waals surface area contributed by atoms with Crippen molar-refractivity contribution >= 4 is 17.3 Å². The topological polar surface area (TPSA) is 24.8 Å². The Morgan fingerprint density at radius 1 is 1.16 bits per heavy atom. The van der Waals surface area contributed by atoms with Crippen LogP contribution in [0.25, 0.3) is 0 Å². The molecule has 1 aromatic carbocycles. The molecule has 132 valence electrons. The van der Waals surface area contributed by atoms with Gasteiger partial charge in [0.05, 0.1) is 5.71 Å². The molecule has 25 heavy (non-hydrogen) atoms. The molecule has 0 saturated carbocycles. The first-order chi connectivity index (χ1) is 12.2. The maximum absolute atomic E-state index is 5.95. The van der Waals surface area contributed by atoms with Gasteiger partial charge in [0, 0.05) is 31.1 Å². The van der Waals surface area contributed by atoms with E-state index in [-0.39, 0.29) is 0 Å². The van der Waals surface area contributed by atoms with Crippen LogP contribution in [0, 0.1) is 0 Å².